The maximum absolute atomic E-state index is 13.1. The second-order valence-corrected chi connectivity index (χ2v) is 7.50. The molecule has 2 amide bonds. The number of carbonyl (C=O) groups is 2. The summed E-state index contributed by atoms with van der Waals surface area (Å²) >= 11 is 0. The van der Waals surface area contributed by atoms with Crippen molar-refractivity contribution in [2.24, 2.45) is 0 Å². The Morgan fingerprint density at radius 2 is 1.87 bits per heavy atom. The Morgan fingerprint density at radius 3 is 2.74 bits per heavy atom. The van der Waals surface area contributed by atoms with Crippen LogP contribution in [-0.2, 0) is 16.0 Å². The lowest BCUT2D eigenvalue weighted by Gasteiger charge is -2.26. The van der Waals surface area contributed by atoms with Gasteiger partial charge in [-0.3, -0.25) is 9.59 Å². The van der Waals surface area contributed by atoms with E-state index in [0.717, 1.165) is 23.3 Å². The van der Waals surface area contributed by atoms with E-state index in [4.69, 9.17) is 13.9 Å². The Hall–Kier alpha value is -3.58. The number of morpholine rings is 1. The minimum atomic E-state index is -0.334. The first kappa shape index (κ1) is 19.4. The largest absolute Gasteiger partial charge is 0.493 e. The zero-order valence-electron chi connectivity index (χ0n) is 16.9. The number of ether oxygens (including phenoxy) is 2. The molecular formula is C24H22N2O5. The summed E-state index contributed by atoms with van der Waals surface area (Å²) in [7, 11) is 0. The molecular weight excluding hydrogens is 396 g/mol. The third-order valence-electron chi connectivity index (χ3n) is 5.48. The fourth-order valence-corrected chi connectivity index (χ4v) is 3.88. The van der Waals surface area contributed by atoms with Crippen molar-refractivity contribution in [3.8, 4) is 5.75 Å². The summed E-state index contributed by atoms with van der Waals surface area (Å²) in [5.74, 6) is 0.453. The van der Waals surface area contributed by atoms with E-state index in [1.54, 1.807) is 17.0 Å². The number of nitrogens with zero attached hydrogens (tertiary/aromatic N) is 1. The molecule has 1 saturated heterocycles. The topological polar surface area (TPSA) is 81.0 Å². The van der Waals surface area contributed by atoms with Crippen LogP contribution in [0.3, 0.4) is 0 Å². The molecule has 0 saturated carbocycles. The van der Waals surface area contributed by atoms with Gasteiger partial charge in [0, 0.05) is 31.0 Å². The van der Waals surface area contributed by atoms with E-state index in [1.807, 2.05) is 36.4 Å². The van der Waals surface area contributed by atoms with Crippen LogP contribution in [0.2, 0.25) is 0 Å². The van der Waals surface area contributed by atoms with Crippen LogP contribution < -0.4 is 10.1 Å². The van der Waals surface area contributed by atoms with Crippen LogP contribution in [0.15, 0.2) is 53.0 Å². The summed E-state index contributed by atoms with van der Waals surface area (Å²) in [6.07, 6.45) is 4.08. The normalized spacial score (nSPS) is 15.8. The van der Waals surface area contributed by atoms with Gasteiger partial charge < -0.3 is 24.1 Å². The molecule has 2 aliphatic heterocycles. The van der Waals surface area contributed by atoms with Gasteiger partial charge in [0.1, 0.15) is 17.0 Å². The molecule has 0 aliphatic carbocycles. The Morgan fingerprint density at radius 1 is 1.03 bits per heavy atom. The summed E-state index contributed by atoms with van der Waals surface area (Å²) in [6, 6.07) is 13.1. The lowest BCUT2D eigenvalue weighted by atomic mass is 10.1. The molecule has 158 valence electrons. The Balaban J connectivity index is 1.40. The molecule has 2 aliphatic rings. The Labute approximate surface area is 179 Å². The van der Waals surface area contributed by atoms with Gasteiger partial charge in [-0.15, -0.1) is 0 Å². The zero-order valence-corrected chi connectivity index (χ0v) is 16.9. The van der Waals surface area contributed by atoms with Crippen LogP contribution in [0.1, 0.15) is 21.7 Å². The molecule has 7 nitrogen and oxygen atoms in total. The maximum atomic E-state index is 13.1. The Bertz CT molecular complexity index is 1170. The molecule has 1 N–H and O–H groups in total. The quantitative estimate of drug-likeness (QED) is 0.656. The highest BCUT2D eigenvalue weighted by molar-refractivity contribution is 6.13. The fourth-order valence-electron chi connectivity index (χ4n) is 3.88. The van der Waals surface area contributed by atoms with Crippen molar-refractivity contribution in [2.45, 2.75) is 6.42 Å². The number of para-hydroxylation sites is 1. The molecule has 0 radical (unpaired) electrons. The maximum Gasteiger partial charge on any atom is 0.291 e. The van der Waals surface area contributed by atoms with E-state index in [2.05, 4.69) is 5.32 Å². The van der Waals surface area contributed by atoms with Gasteiger partial charge in [0.15, 0.2) is 0 Å². The van der Waals surface area contributed by atoms with Crippen molar-refractivity contribution in [2.75, 3.05) is 38.2 Å². The number of hydrogen-bond acceptors (Lipinski definition) is 5. The SMILES string of the molecule is O=C(C=Cc1ccc2c(c1)CCO2)Nc1c(C(=O)N2CCOCC2)oc2ccccc12. The molecule has 7 heteroatoms. The van der Waals surface area contributed by atoms with Gasteiger partial charge in [-0.05, 0) is 41.5 Å². The van der Waals surface area contributed by atoms with Crippen molar-refractivity contribution in [1.82, 2.24) is 4.90 Å². The highest BCUT2D eigenvalue weighted by atomic mass is 16.5. The molecule has 3 aromatic rings. The van der Waals surface area contributed by atoms with E-state index in [9.17, 15) is 9.59 Å². The van der Waals surface area contributed by atoms with Gasteiger partial charge >= 0.3 is 0 Å². The minimum absolute atomic E-state index is 0.138. The molecule has 0 atom stereocenters. The molecule has 0 unspecified atom stereocenters. The number of rotatable bonds is 4. The lowest BCUT2D eigenvalue weighted by molar-refractivity contribution is -0.111. The van der Waals surface area contributed by atoms with Crippen molar-refractivity contribution >= 4 is 34.5 Å². The molecule has 2 aromatic carbocycles. The highest BCUT2D eigenvalue weighted by Crippen LogP contribution is 2.32. The minimum Gasteiger partial charge on any atom is -0.493 e. The standard InChI is InChI=1S/C24H22N2O5/c27-21(8-6-16-5-7-19-17(15-16)9-12-30-19)25-22-18-3-1-2-4-20(18)31-23(22)24(28)26-10-13-29-14-11-26/h1-8,15H,9-14H2,(H,25,27). The number of furan rings is 1. The molecule has 0 spiro atoms. The first-order valence-electron chi connectivity index (χ1n) is 10.3. The van der Waals surface area contributed by atoms with Gasteiger partial charge in [-0.25, -0.2) is 0 Å². The number of fused-ring (bicyclic) bond motifs is 2. The van der Waals surface area contributed by atoms with Crippen LogP contribution in [-0.4, -0.2) is 49.6 Å². The number of benzene rings is 2. The number of nitrogens with one attached hydrogen (secondary N) is 1. The fraction of sp³-hybridized carbons (Fsp3) is 0.250. The number of hydrogen-bond donors (Lipinski definition) is 1. The van der Waals surface area contributed by atoms with Crippen molar-refractivity contribution in [3.05, 3.63) is 65.4 Å². The van der Waals surface area contributed by atoms with Gasteiger partial charge in [-0.2, -0.15) is 0 Å². The molecule has 1 fully saturated rings. The predicted molar refractivity (Wildman–Crippen MR) is 116 cm³/mol. The first-order valence-corrected chi connectivity index (χ1v) is 10.3. The average molecular weight is 418 g/mol. The van der Waals surface area contributed by atoms with Crippen molar-refractivity contribution in [3.63, 3.8) is 0 Å². The van der Waals surface area contributed by atoms with Crippen molar-refractivity contribution < 1.29 is 23.5 Å². The molecule has 0 bridgehead atoms. The molecule has 31 heavy (non-hydrogen) atoms. The monoisotopic (exact) mass is 418 g/mol. The summed E-state index contributed by atoms with van der Waals surface area (Å²) in [5.41, 5.74) is 3.00. The van der Waals surface area contributed by atoms with Crippen molar-refractivity contribution in [1.29, 1.82) is 0 Å². The summed E-state index contributed by atoms with van der Waals surface area (Å²) in [4.78, 5) is 27.4. The van der Waals surface area contributed by atoms with Crippen LogP contribution in [0.4, 0.5) is 5.69 Å². The molecule has 3 heterocycles. The van der Waals surface area contributed by atoms with Gasteiger partial charge in [-0.1, -0.05) is 18.2 Å². The third kappa shape index (κ3) is 3.92. The number of anilines is 1. The Kier molecular flexibility index (Phi) is 5.18. The molecule has 5 rings (SSSR count). The predicted octanol–water partition coefficient (Wildman–Crippen LogP) is 3.49. The summed E-state index contributed by atoms with van der Waals surface area (Å²) < 4.78 is 16.7. The zero-order chi connectivity index (χ0) is 21.2. The highest BCUT2D eigenvalue weighted by Gasteiger charge is 2.27. The summed E-state index contributed by atoms with van der Waals surface area (Å²) in [5, 5.41) is 3.54. The third-order valence-corrected chi connectivity index (χ3v) is 5.48. The van der Waals surface area contributed by atoms with Gasteiger partial charge in [0.25, 0.3) is 5.91 Å². The van der Waals surface area contributed by atoms with E-state index >= 15 is 0 Å². The van der Waals surface area contributed by atoms with E-state index in [1.165, 1.54) is 6.08 Å². The van der Waals surface area contributed by atoms with Crippen LogP contribution in [0.25, 0.3) is 17.0 Å². The second kappa shape index (κ2) is 8.28. The molecule has 1 aromatic heterocycles. The average Bonchev–Trinajstić information content (AvgIpc) is 3.42. The van der Waals surface area contributed by atoms with Crippen LogP contribution in [0, 0.1) is 0 Å². The van der Waals surface area contributed by atoms with Crippen LogP contribution >= 0.6 is 0 Å². The smallest absolute Gasteiger partial charge is 0.291 e. The second-order valence-electron chi connectivity index (χ2n) is 7.50. The number of amides is 2. The lowest BCUT2D eigenvalue weighted by Crippen LogP contribution is -2.40. The van der Waals surface area contributed by atoms with E-state index in [-0.39, 0.29) is 17.6 Å². The first-order chi connectivity index (χ1) is 15.2. The van der Waals surface area contributed by atoms with Gasteiger partial charge in [0.2, 0.25) is 11.7 Å². The van der Waals surface area contributed by atoms with Crippen LogP contribution in [0.5, 0.6) is 5.75 Å². The van der Waals surface area contributed by atoms with E-state index in [0.29, 0.717) is 49.6 Å². The van der Waals surface area contributed by atoms with Gasteiger partial charge in [0.05, 0.1) is 19.8 Å². The summed E-state index contributed by atoms with van der Waals surface area (Å²) in [6.45, 7) is 2.65. The number of carbonyl (C=O) groups excluding carboxylic acids is 2. The van der Waals surface area contributed by atoms with E-state index < -0.39 is 0 Å².